The number of benzene rings is 1. The molecule has 2 amide bonds. The predicted molar refractivity (Wildman–Crippen MR) is 81.7 cm³/mol. The van der Waals surface area contributed by atoms with Gasteiger partial charge in [-0.25, -0.2) is 4.79 Å². The van der Waals surface area contributed by atoms with E-state index >= 15 is 0 Å². The molecule has 1 saturated carbocycles. The van der Waals surface area contributed by atoms with Gasteiger partial charge in [0.05, 0.1) is 12.1 Å². The zero-order chi connectivity index (χ0) is 15.3. The second-order valence-corrected chi connectivity index (χ2v) is 5.96. The number of hydrogen-bond donors (Lipinski definition) is 3. The SMILES string of the molecule is CC(CNC(=O)NCC1(O)CCC1)Oc1ccc(Cl)cc1. The molecule has 0 aromatic heterocycles. The van der Waals surface area contributed by atoms with Crippen LogP contribution in [0.5, 0.6) is 5.75 Å². The fourth-order valence-electron chi connectivity index (χ4n) is 2.09. The molecular weight excluding hydrogens is 292 g/mol. The van der Waals surface area contributed by atoms with Crippen LogP contribution in [-0.2, 0) is 0 Å². The van der Waals surface area contributed by atoms with Crippen LogP contribution < -0.4 is 15.4 Å². The van der Waals surface area contributed by atoms with Gasteiger partial charge in [-0.1, -0.05) is 11.6 Å². The Bertz CT molecular complexity index is 474. The highest BCUT2D eigenvalue weighted by molar-refractivity contribution is 6.30. The first-order chi connectivity index (χ1) is 9.97. The van der Waals surface area contributed by atoms with Gasteiger partial charge in [-0.05, 0) is 50.5 Å². The molecule has 1 aromatic rings. The van der Waals surface area contributed by atoms with Crippen LogP contribution >= 0.6 is 11.6 Å². The molecule has 0 bridgehead atoms. The van der Waals surface area contributed by atoms with Crippen LogP contribution in [0.25, 0.3) is 0 Å². The standard InChI is InChI=1S/C15H21ClN2O3/c1-11(21-13-5-3-12(16)4-6-13)9-17-14(19)18-10-15(20)7-2-8-15/h3-6,11,20H,2,7-10H2,1H3,(H2,17,18,19). The maximum Gasteiger partial charge on any atom is 0.315 e. The summed E-state index contributed by atoms with van der Waals surface area (Å²) in [7, 11) is 0. The van der Waals surface area contributed by atoms with Crippen LogP contribution in [-0.4, -0.2) is 35.9 Å². The molecule has 5 nitrogen and oxygen atoms in total. The first kappa shape index (κ1) is 15.9. The maximum absolute atomic E-state index is 11.6. The third-order valence-corrected chi connectivity index (χ3v) is 3.82. The number of ether oxygens (including phenoxy) is 1. The first-order valence-corrected chi connectivity index (χ1v) is 7.51. The van der Waals surface area contributed by atoms with E-state index in [2.05, 4.69) is 10.6 Å². The Morgan fingerprint density at radius 1 is 1.38 bits per heavy atom. The Morgan fingerprint density at radius 2 is 2.05 bits per heavy atom. The number of hydrogen-bond acceptors (Lipinski definition) is 3. The minimum atomic E-state index is -0.706. The highest BCUT2D eigenvalue weighted by atomic mass is 35.5. The van der Waals surface area contributed by atoms with E-state index in [9.17, 15) is 9.90 Å². The van der Waals surface area contributed by atoms with E-state index in [1.165, 1.54) is 0 Å². The van der Waals surface area contributed by atoms with Gasteiger partial charge in [0.2, 0.25) is 0 Å². The quantitative estimate of drug-likeness (QED) is 0.755. The number of carbonyl (C=O) groups is 1. The van der Waals surface area contributed by atoms with Crippen LogP contribution in [0.15, 0.2) is 24.3 Å². The number of halogens is 1. The summed E-state index contributed by atoms with van der Waals surface area (Å²) < 4.78 is 5.65. The van der Waals surface area contributed by atoms with Gasteiger partial charge in [-0.3, -0.25) is 0 Å². The molecule has 1 unspecified atom stereocenters. The average Bonchev–Trinajstić information content (AvgIpc) is 2.43. The number of rotatable bonds is 6. The summed E-state index contributed by atoms with van der Waals surface area (Å²) in [4.78, 5) is 11.6. The lowest BCUT2D eigenvalue weighted by molar-refractivity contribution is -0.0290. The highest BCUT2D eigenvalue weighted by Crippen LogP contribution is 2.30. The Kier molecular flexibility index (Phi) is 5.31. The molecule has 21 heavy (non-hydrogen) atoms. The molecule has 0 aliphatic heterocycles. The van der Waals surface area contributed by atoms with Gasteiger partial charge >= 0.3 is 6.03 Å². The Balaban J connectivity index is 1.64. The third-order valence-electron chi connectivity index (χ3n) is 3.56. The van der Waals surface area contributed by atoms with Crippen molar-refractivity contribution in [2.45, 2.75) is 37.9 Å². The normalized spacial score (nSPS) is 17.5. The molecule has 1 fully saturated rings. The molecule has 0 radical (unpaired) electrons. The van der Waals surface area contributed by atoms with Crippen molar-refractivity contribution in [2.75, 3.05) is 13.1 Å². The summed E-state index contributed by atoms with van der Waals surface area (Å²) >= 11 is 5.80. The van der Waals surface area contributed by atoms with E-state index in [0.717, 1.165) is 19.3 Å². The minimum Gasteiger partial charge on any atom is -0.489 e. The number of amides is 2. The number of aliphatic hydroxyl groups is 1. The summed E-state index contributed by atoms with van der Waals surface area (Å²) in [6.07, 6.45) is 2.36. The predicted octanol–water partition coefficient (Wildman–Crippen LogP) is 2.32. The van der Waals surface area contributed by atoms with E-state index in [4.69, 9.17) is 16.3 Å². The van der Waals surface area contributed by atoms with Crippen LogP contribution in [0.3, 0.4) is 0 Å². The molecule has 0 saturated heterocycles. The zero-order valence-corrected chi connectivity index (χ0v) is 12.8. The Hall–Kier alpha value is -1.46. The van der Waals surface area contributed by atoms with Crippen molar-refractivity contribution in [3.63, 3.8) is 0 Å². The molecule has 1 aliphatic carbocycles. The topological polar surface area (TPSA) is 70.6 Å². The van der Waals surface area contributed by atoms with Crippen molar-refractivity contribution in [3.8, 4) is 5.75 Å². The van der Waals surface area contributed by atoms with Crippen molar-refractivity contribution in [2.24, 2.45) is 0 Å². The Morgan fingerprint density at radius 3 is 2.62 bits per heavy atom. The molecule has 1 aromatic carbocycles. The molecule has 2 rings (SSSR count). The van der Waals surface area contributed by atoms with E-state index < -0.39 is 5.60 Å². The van der Waals surface area contributed by atoms with Crippen LogP contribution in [0.1, 0.15) is 26.2 Å². The van der Waals surface area contributed by atoms with Crippen molar-refractivity contribution in [1.29, 1.82) is 0 Å². The molecule has 0 spiro atoms. The van der Waals surface area contributed by atoms with Gasteiger partial charge in [-0.15, -0.1) is 0 Å². The number of urea groups is 1. The van der Waals surface area contributed by atoms with E-state index in [0.29, 0.717) is 23.9 Å². The lowest BCUT2D eigenvalue weighted by Gasteiger charge is -2.36. The maximum atomic E-state index is 11.6. The van der Waals surface area contributed by atoms with Gasteiger partial charge < -0.3 is 20.5 Å². The molecule has 1 aliphatic rings. The minimum absolute atomic E-state index is 0.163. The van der Waals surface area contributed by atoms with E-state index in [1.54, 1.807) is 24.3 Å². The largest absolute Gasteiger partial charge is 0.489 e. The summed E-state index contributed by atoms with van der Waals surface area (Å²) in [5.74, 6) is 0.706. The smallest absolute Gasteiger partial charge is 0.315 e. The Labute approximate surface area is 129 Å². The highest BCUT2D eigenvalue weighted by Gasteiger charge is 2.34. The van der Waals surface area contributed by atoms with E-state index in [-0.39, 0.29) is 12.1 Å². The van der Waals surface area contributed by atoms with Crippen LogP contribution in [0, 0.1) is 0 Å². The zero-order valence-electron chi connectivity index (χ0n) is 12.1. The molecular formula is C15H21ClN2O3. The van der Waals surface area contributed by atoms with E-state index in [1.807, 2.05) is 6.92 Å². The number of nitrogens with one attached hydrogen (secondary N) is 2. The van der Waals surface area contributed by atoms with Crippen molar-refractivity contribution in [3.05, 3.63) is 29.3 Å². The average molecular weight is 313 g/mol. The molecule has 116 valence electrons. The van der Waals surface area contributed by atoms with Crippen LogP contribution in [0.2, 0.25) is 5.02 Å². The van der Waals surface area contributed by atoms with Crippen molar-refractivity contribution in [1.82, 2.24) is 10.6 Å². The van der Waals surface area contributed by atoms with Gasteiger partial charge in [0.15, 0.2) is 0 Å². The summed E-state index contributed by atoms with van der Waals surface area (Å²) in [6, 6.07) is 6.78. The van der Waals surface area contributed by atoms with Crippen LogP contribution in [0.4, 0.5) is 4.79 Å². The second kappa shape index (κ2) is 7.00. The number of carbonyl (C=O) groups excluding carboxylic acids is 1. The second-order valence-electron chi connectivity index (χ2n) is 5.52. The first-order valence-electron chi connectivity index (χ1n) is 7.13. The lowest BCUT2D eigenvalue weighted by atomic mass is 9.80. The summed E-state index contributed by atoms with van der Waals surface area (Å²) in [5.41, 5.74) is -0.706. The molecule has 6 heteroatoms. The van der Waals surface area contributed by atoms with Crippen molar-refractivity contribution < 1.29 is 14.6 Å². The summed E-state index contributed by atoms with van der Waals surface area (Å²) in [6.45, 7) is 2.55. The fourth-order valence-corrected chi connectivity index (χ4v) is 2.22. The monoisotopic (exact) mass is 312 g/mol. The van der Waals surface area contributed by atoms with Gasteiger partial charge in [0, 0.05) is 11.6 Å². The molecule has 1 atom stereocenters. The van der Waals surface area contributed by atoms with Gasteiger partial charge in [-0.2, -0.15) is 0 Å². The lowest BCUT2D eigenvalue weighted by Crippen LogP contribution is -2.50. The fraction of sp³-hybridized carbons (Fsp3) is 0.533. The van der Waals surface area contributed by atoms with Gasteiger partial charge in [0.1, 0.15) is 11.9 Å². The molecule has 3 N–H and O–H groups in total. The van der Waals surface area contributed by atoms with Crippen molar-refractivity contribution >= 4 is 17.6 Å². The summed E-state index contributed by atoms with van der Waals surface area (Å²) in [5, 5.41) is 15.9. The third kappa shape index (κ3) is 5.10. The molecule has 0 heterocycles. The van der Waals surface area contributed by atoms with Gasteiger partial charge in [0.25, 0.3) is 0 Å².